The van der Waals surface area contributed by atoms with Crippen molar-refractivity contribution in [2.75, 3.05) is 12.4 Å². The van der Waals surface area contributed by atoms with Crippen LogP contribution in [0.2, 0.25) is 0 Å². The van der Waals surface area contributed by atoms with Gasteiger partial charge in [0.15, 0.2) is 0 Å². The Bertz CT molecular complexity index is 516. The smallest absolute Gasteiger partial charge is 0.331 e. The molecular weight excluding hydrogens is 260 g/mol. The number of ether oxygens (including phenoxy) is 1. The second-order valence-corrected chi connectivity index (χ2v) is 4.92. The summed E-state index contributed by atoms with van der Waals surface area (Å²) in [6, 6.07) is 4.80. The van der Waals surface area contributed by atoms with Gasteiger partial charge in [-0.3, -0.25) is 10.1 Å². The summed E-state index contributed by atoms with van der Waals surface area (Å²) < 4.78 is 4.81. The van der Waals surface area contributed by atoms with E-state index in [-0.39, 0.29) is 5.69 Å². The van der Waals surface area contributed by atoms with Crippen LogP contribution in [-0.4, -0.2) is 23.5 Å². The van der Waals surface area contributed by atoms with Gasteiger partial charge in [0.2, 0.25) is 0 Å². The molecule has 1 atom stereocenters. The van der Waals surface area contributed by atoms with Gasteiger partial charge >= 0.3 is 5.97 Å². The van der Waals surface area contributed by atoms with E-state index in [0.29, 0.717) is 17.7 Å². The minimum absolute atomic E-state index is 0.0452. The van der Waals surface area contributed by atoms with E-state index in [9.17, 15) is 14.9 Å². The number of benzene rings is 1. The van der Waals surface area contributed by atoms with Gasteiger partial charge < -0.3 is 10.1 Å². The lowest BCUT2D eigenvalue weighted by atomic mass is 9.95. The molecule has 1 rings (SSSR count). The van der Waals surface area contributed by atoms with Crippen molar-refractivity contribution < 1.29 is 14.5 Å². The number of nitrogens with zero attached hydrogens (tertiary/aromatic N) is 1. The second kappa shape index (κ2) is 6.36. The summed E-state index contributed by atoms with van der Waals surface area (Å²) in [7, 11) is 1.31. The summed E-state index contributed by atoms with van der Waals surface area (Å²) in [5, 5.41) is 14.1. The molecule has 0 fully saturated rings. The number of hydrogen-bond acceptors (Lipinski definition) is 5. The van der Waals surface area contributed by atoms with E-state index < -0.39 is 16.4 Å². The Kier molecular flexibility index (Phi) is 5.07. The predicted molar refractivity (Wildman–Crippen MR) is 76.8 cm³/mol. The number of nitro benzene ring substituents is 1. The minimum Gasteiger partial charge on any atom is -0.467 e. The van der Waals surface area contributed by atoms with E-state index in [1.54, 1.807) is 26.0 Å². The average Bonchev–Trinajstić information content (AvgIpc) is 2.40. The summed E-state index contributed by atoms with van der Waals surface area (Å²) in [5.74, 6) is -0.433. The summed E-state index contributed by atoms with van der Waals surface area (Å²) in [5.41, 5.74) is 0.0425. The number of nitrogens with one attached hydrogen (secondary N) is 1. The summed E-state index contributed by atoms with van der Waals surface area (Å²) in [4.78, 5) is 22.6. The van der Waals surface area contributed by atoms with Crippen LogP contribution in [-0.2, 0) is 9.53 Å². The molecule has 0 spiro atoms. The predicted octanol–water partition coefficient (Wildman–Crippen LogP) is 3.05. The molecule has 6 heteroatoms. The number of esters is 1. The lowest BCUT2D eigenvalue weighted by Gasteiger charge is -2.29. The van der Waals surface area contributed by atoms with Crippen LogP contribution < -0.4 is 5.32 Å². The average molecular weight is 280 g/mol. The number of carbonyl (C=O) groups excluding carboxylic acids is 1. The van der Waals surface area contributed by atoms with Gasteiger partial charge in [-0.25, -0.2) is 4.79 Å². The van der Waals surface area contributed by atoms with Gasteiger partial charge in [-0.1, -0.05) is 25.5 Å². The minimum atomic E-state index is -0.986. The lowest BCUT2D eigenvalue weighted by Crippen LogP contribution is -2.44. The summed E-state index contributed by atoms with van der Waals surface area (Å²) in [6.45, 7) is 5.40. The number of rotatable bonds is 6. The summed E-state index contributed by atoms with van der Waals surface area (Å²) >= 11 is 0. The van der Waals surface area contributed by atoms with Gasteiger partial charge in [0.1, 0.15) is 11.2 Å². The Morgan fingerprint density at radius 3 is 2.65 bits per heavy atom. The van der Waals surface area contributed by atoms with Crippen molar-refractivity contribution in [2.24, 2.45) is 0 Å². The highest BCUT2D eigenvalue weighted by Gasteiger charge is 2.35. The van der Waals surface area contributed by atoms with E-state index in [4.69, 9.17) is 4.74 Å². The molecule has 0 amide bonds. The first-order valence-electron chi connectivity index (χ1n) is 6.46. The molecule has 0 saturated carbocycles. The molecule has 0 radical (unpaired) electrons. The Morgan fingerprint density at radius 1 is 1.50 bits per heavy atom. The highest BCUT2D eigenvalue weighted by atomic mass is 16.6. The zero-order valence-corrected chi connectivity index (χ0v) is 12.2. The number of aryl methyl sites for hydroxylation is 1. The van der Waals surface area contributed by atoms with Crippen LogP contribution in [0.4, 0.5) is 11.4 Å². The lowest BCUT2D eigenvalue weighted by molar-refractivity contribution is -0.384. The maximum atomic E-state index is 12.0. The molecular formula is C14H20N2O4. The molecule has 0 bridgehead atoms. The highest BCUT2D eigenvalue weighted by Crippen LogP contribution is 2.32. The second-order valence-electron chi connectivity index (χ2n) is 4.92. The molecule has 0 heterocycles. The Labute approximate surface area is 118 Å². The van der Waals surface area contributed by atoms with Crippen molar-refractivity contribution in [3.63, 3.8) is 0 Å². The standard InChI is InChI=1S/C14H20N2O4/c1-5-9-14(3,13(17)20-4)15-12-10(2)7-6-8-11(12)16(18)19/h6-8,15H,5,9H2,1-4H3. The third-order valence-corrected chi connectivity index (χ3v) is 3.23. The number of nitro groups is 1. The largest absolute Gasteiger partial charge is 0.467 e. The van der Waals surface area contributed by atoms with Crippen molar-refractivity contribution in [3.8, 4) is 0 Å². The molecule has 1 unspecified atom stereocenters. The third-order valence-electron chi connectivity index (χ3n) is 3.23. The van der Waals surface area contributed by atoms with Crippen LogP contribution >= 0.6 is 0 Å². The fourth-order valence-corrected chi connectivity index (χ4v) is 2.18. The maximum Gasteiger partial charge on any atom is 0.331 e. The van der Waals surface area contributed by atoms with Gasteiger partial charge in [0.25, 0.3) is 5.69 Å². The van der Waals surface area contributed by atoms with Crippen LogP contribution in [0.25, 0.3) is 0 Å². The SMILES string of the molecule is CCCC(C)(Nc1c(C)cccc1[N+](=O)[O-])C(=O)OC. The van der Waals surface area contributed by atoms with E-state index in [2.05, 4.69) is 5.32 Å². The van der Waals surface area contributed by atoms with E-state index in [0.717, 1.165) is 6.42 Å². The van der Waals surface area contributed by atoms with E-state index in [1.807, 2.05) is 6.92 Å². The summed E-state index contributed by atoms with van der Waals surface area (Å²) in [6.07, 6.45) is 1.27. The number of hydrogen-bond donors (Lipinski definition) is 1. The van der Waals surface area contributed by atoms with Crippen LogP contribution in [0.1, 0.15) is 32.3 Å². The number of carbonyl (C=O) groups is 1. The Balaban J connectivity index is 3.24. The van der Waals surface area contributed by atoms with Gasteiger partial charge in [-0.2, -0.15) is 0 Å². The Morgan fingerprint density at radius 2 is 2.15 bits per heavy atom. The van der Waals surface area contributed by atoms with Gasteiger partial charge in [-0.05, 0) is 25.8 Å². The van der Waals surface area contributed by atoms with Gasteiger partial charge in [-0.15, -0.1) is 0 Å². The topological polar surface area (TPSA) is 81.5 Å². The zero-order chi connectivity index (χ0) is 15.3. The van der Waals surface area contributed by atoms with Crippen molar-refractivity contribution in [3.05, 3.63) is 33.9 Å². The first kappa shape index (κ1) is 15.9. The molecule has 0 aliphatic heterocycles. The fraction of sp³-hybridized carbons (Fsp3) is 0.500. The molecule has 1 aromatic carbocycles. The molecule has 1 aromatic rings. The molecule has 0 saturated heterocycles. The van der Waals surface area contributed by atoms with E-state index in [1.165, 1.54) is 13.2 Å². The molecule has 0 aliphatic carbocycles. The highest BCUT2D eigenvalue weighted by molar-refractivity contribution is 5.85. The molecule has 20 heavy (non-hydrogen) atoms. The quantitative estimate of drug-likeness (QED) is 0.492. The van der Waals surface area contributed by atoms with Crippen molar-refractivity contribution >= 4 is 17.3 Å². The number of anilines is 1. The fourth-order valence-electron chi connectivity index (χ4n) is 2.18. The first-order chi connectivity index (χ1) is 9.35. The zero-order valence-electron chi connectivity index (χ0n) is 12.2. The van der Waals surface area contributed by atoms with Crippen LogP contribution in [0.5, 0.6) is 0 Å². The van der Waals surface area contributed by atoms with Crippen LogP contribution in [0, 0.1) is 17.0 Å². The van der Waals surface area contributed by atoms with Crippen molar-refractivity contribution in [1.82, 2.24) is 0 Å². The van der Waals surface area contributed by atoms with Crippen LogP contribution in [0.3, 0.4) is 0 Å². The maximum absolute atomic E-state index is 12.0. The molecule has 1 N–H and O–H groups in total. The number of para-hydroxylation sites is 1. The van der Waals surface area contributed by atoms with Crippen molar-refractivity contribution in [2.45, 2.75) is 39.2 Å². The normalized spacial score (nSPS) is 13.4. The molecule has 6 nitrogen and oxygen atoms in total. The molecule has 0 aromatic heterocycles. The van der Waals surface area contributed by atoms with Crippen LogP contribution in [0.15, 0.2) is 18.2 Å². The van der Waals surface area contributed by atoms with Gasteiger partial charge in [0, 0.05) is 6.07 Å². The first-order valence-corrected chi connectivity index (χ1v) is 6.46. The van der Waals surface area contributed by atoms with E-state index >= 15 is 0 Å². The monoisotopic (exact) mass is 280 g/mol. The van der Waals surface area contributed by atoms with Crippen molar-refractivity contribution in [1.29, 1.82) is 0 Å². The Hall–Kier alpha value is -2.11. The van der Waals surface area contributed by atoms with Gasteiger partial charge in [0.05, 0.1) is 12.0 Å². The number of methoxy groups -OCH3 is 1. The third kappa shape index (κ3) is 3.26. The molecule has 110 valence electrons. The molecule has 0 aliphatic rings.